The molecule has 0 aliphatic heterocycles. The van der Waals surface area contributed by atoms with Crippen molar-refractivity contribution < 1.29 is 9.90 Å². The molecule has 3 nitrogen and oxygen atoms in total. The van der Waals surface area contributed by atoms with Crippen LogP contribution in [0.1, 0.15) is 44.1 Å². The van der Waals surface area contributed by atoms with Crippen molar-refractivity contribution in [3.63, 3.8) is 0 Å². The molecule has 1 aliphatic carbocycles. The van der Waals surface area contributed by atoms with Gasteiger partial charge >= 0.3 is 5.97 Å². The highest BCUT2D eigenvalue weighted by atomic mass is 35.5. The van der Waals surface area contributed by atoms with Crippen LogP contribution in [0.25, 0.3) is 6.08 Å². The maximum Gasteiger partial charge on any atom is 0.328 e. The van der Waals surface area contributed by atoms with Gasteiger partial charge in [0.2, 0.25) is 0 Å². The minimum Gasteiger partial charge on any atom is -0.478 e. The van der Waals surface area contributed by atoms with Crippen LogP contribution in [0, 0.1) is 0 Å². The lowest BCUT2D eigenvalue weighted by molar-refractivity contribution is -0.131. The van der Waals surface area contributed by atoms with Crippen LogP contribution in [0.5, 0.6) is 0 Å². The number of aliphatic carboxylic acids is 1. The van der Waals surface area contributed by atoms with Crippen molar-refractivity contribution in [1.82, 2.24) is 0 Å². The van der Waals surface area contributed by atoms with Gasteiger partial charge in [0.15, 0.2) is 0 Å². The van der Waals surface area contributed by atoms with Crippen molar-refractivity contribution in [3.05, 3.63) is 34.9 Å². The van der Waals surface area contributed by atoms with Crippen LogP contribution < -0.4 is 4.90 Å². The number of carboxylic acids is 1. The standard InChI is InChI=1S/C17H22ClNO2/c1-19(15-6-4-2-3-5-7-15)16-10-9-14(18)12-13(16)8-11-17(20)21/h8-12,15H,2-7H2,1H3,(H,20,21)/b11-8+. The predicted molar refractivity (Wildman–Crippen MR) is 88.0 cm³/mol. The van der Waals surface area contributed by atoms with Crippen molar-refractivity contribution >= 4 is 29.3 Å². The van der Waals surface area contributed by atoms with E-state index in [-0.39, 0.29) is 0 Å². The van der Waals surface area contributed by atoms with Crippen LogP contribution in [-0.2, 0) is 4.79 Å². The van der Waals surface area contributed by atoms with Crippen LogP contribution in [0.3, 0.4) is 0 Å². The van der Waals surface area contributed by atoms with Gasteiger partial charge in [0.25, 0.3) is 0 Å². The van der Waals surface area contributed by atoms with Crippen molar-refractivity contribution in [2.75, 3.05) is 11.9 Å². The molecular formula is C17H22ClNO2. The van der Waals surface area contributed by atoms with E-state index in [1.165, 1.54) is 38.5 Å². The molecule has 1 aliphatic rings. The number of hydrogen-bond donors (Lipinski definition) is 1. The van der Waals surface area contributed by atoms with Crippen molar-refractivity contribution in [3.8, 4) is 0 Å². The summed E-state index contributed by atoms with van der Waals surface area (Å²) in [5, 5.41) is 9.45. The molecule has 0 radical (unpaired) electrons. The number of anilines is 1. The summed E-state index contributed by atoms with van der Waals surface area (Å²) in [6, 6.07) is 6.19. The highest BCUT2D eigenvalue weighted by Gasteiger charge is 2.19. The van der Waals surface area contributed by atoms with E-state index in [4.69, 9.17) is 16.7 Å². The molecule has 0 heterocycles. The van der Waals surface area contributed by atoms with E-state index in [9.17, 15) is 4.79 Å². The Kier molecular flexibility index (Phi) is 5.68. The number of halogens is 1. The Morgan fingerprint density at radius 2 is 1.95 bits per heavy atom. The molecule has 0 bridgehead atoms. The summed E-state index contributed by atoms with van der Waals surface area (Å²) >= 11 is 6.05. The molecule has 2 rings (SSSR count). The molecule has 0 spiro atoms. The lowest BCUT2D eigenvalue weighted by Crippen LogP contribution is -2.31. The number of carbonyl (C=O) groups is 1. The molecule has 114 valence electrons. The summed E-state index contributed by atoms with van der Waals surface area (Å²) in [6.45, 7) is 0. The fourth-order valence-electron chi connectivity index (χ4n) is 2.98. The lowest BCUT2D eigenvalue weighted by atomic mass is 10.0. The third-order valence-electron chi connectivity index (χ3n) is 4.15. The summed E-state index contributed by atoms with van der Waals surface area (Å²) in [7, 11) is 2.09. The topological polar surface area (TPSA) is 40.5 Å². The van der Waals surface area contributed by atoms with Crippen LogP contribution >= 0.6 is 11.6 Å². The fourth-order valence-corrected chi connectivity index (χ4v) is 3.16. The molecule has 1 fully saturated rings. The highest BCUT2D eigenvalue weighted by molar-refractivity contribution is 6.30. The average molecular weight is 308 g/mol. The molecule has 1 saturated carbocycles. The second-order valence-electron chi connectivity index (χ2n) is 5.63. The molecule has 0 saturated heterocycles. The SMILES string of the molecule is CN(c1ccc(Cl)cc1/C=C/C(=O)O)C1CCCCCC1. The number of rotatable bonds is 4. The van der Waals surface area contributed by atoms with E-state index >= 15 is 0 Å². The monoisotopic (exact) mass is 307 g/mol. The second kappa shape index (κ2) is 7.51. The minimum absolute atomic E-state index is 0.519. The molecule has 0 aromatic heterocycles. The van der Waals surface area contributed by atoms with Gasteiger partial charge in [-0.2, -0.15) is 0 Å². The molecule has 0 atom stereocenters. The maximum atomic E-state index is 10.8. The Labute approximate surface area is 131 Å². The van der Waals surface area contributed by atoms with E-state index < -0.39 is 5.97 Å². The number of carboxylic acid groups (broad SMARTS) is 1. The molecule has 1 aromatic rings. The molecule has 21 heavy (non-hydrogen) atoms. The second-order valence-corrected chi connectivity index (χ2v) is 6.07. The first-order chi connectivity index (χ1) is 10.1. The Morgan fingerprint density at radius 3 is 2.57 bits per heavy atom. The Bertz CT molecular complexity index is 520. The Balaban J connectivity index is 2.26. The normalized spacial score (nSPS) is 16.9. The molecular weight excluding hydrogens is 286 g/mol. The summed E-state index contributed by atoms with van der Waals surface area (Å²) in [5.74, 6) is -0.946. The lowest BCUT2D eigenvalue weighted by Gasteiger charge is -2.30. The van der Waals surface area contributed by atoms with Gasteiger partial charge in [-0.05, 0) is 42.7 Å². The zero-order valence-electron chi connectivity index (χ0n) is 12.4. The van der Waals surface area contributed by atoms with Crippen molar-refractivity contribution in [2.24, 2.45) is 0 Å². The number of nitrogens with zero attached hydrogens (tertiary/aromatic N) is 1. The minimum atomic E-state index is -0.946. The third kappa shape index (κ3) is 4.50. The largest absolute Gasteiger partial charge is 0.478 e. The Morgan fingerprint density at radius 1 is 1.29 bits per heavy atom. The first-order valence-electron chi connectivity index (χ1n) is 7.51. The first kappa shape index (κ1) is 15.9. The first-order valence-corrected chi connectivity index (χ1v) is 7.89. The van der Waals surface area contributed by atoms with Gasteiger partial charge in [-0.25, -0.2) is 4.79 Å². The number of hydrogen-bond acceptors (Lipinski definition) is 2. The quantitative estimate of drug-likeness (QED) is 0.653. The van der Waals surface area contributed by atoms with Gasteiger partial charge in [0, 0.05) is 29.9 Å². The van der Waals surface area contributed by atoms with Gasteiger partial charge in [-0.15, -0.1) is 0 Å². The van der Waals surface area contributed by atoms with Crippen LogP contribution in [0.2, 0.25) is 5.02 Å². The van der Waals surface area contributed by atoms with Crippen molar-refractivity contribution in [1.29, 1.82) is 0 Å². The maximum absolute atomic E-state index is 10.8. The van der Waals surface area contributed by atoms with Gasteiger partial charge in [0.1, 0.15) is 0 Å². The third-order valence-corrected chi connectivity index (χ3v) is 4.38. The molecule has 1 N–H and O–H groups in total. The molecule has 0 amide bonds. The Hall–Kier alpha value is -1.48. The fraction of sp³-hybridized carbons (Fsp3) is 0.471. The van der Waals surface area contributed by atoms with E-state index in [0.29, 0.717) is 11.1 Å². The van der Waals surface area contributed by atoms with Gasteiger partial charge in [-0.3, -0.25) is 0 Å². The van der Waals surface area contributed by atoms with E-state index in [1.54, 1.807) is 6.08 Å². The van der Waals surface area contributed by atoms with Gasteiger partial charge < -0.3 is 10.0 Å². The highest BCUT2D eigenvalue weighted by Crippen LogP contribution is 2.30. The van der Waals surface area contributed by atoms with Crippen LogP contribution in [-0.4, -0.2) is 24.2 Å². The smallest absolute Gasteiger partial charge is 0.328 e. The van der Waals surface area contributed by atoms with Crippen LogP contribution in [0.4, 0.5) is 5.69 Å². The van der Waals surface area contributed by atoms with Gasteiger partial charge in [0.05, 0.1) is 0 Å². The summed E-state index contributed by atoms with van der Waals surface area (Å²) in [6.07, 6.45) is 10.3. The molecule has 4 heteroatoms. The van der Waals surface area contributed by atoms with Crippen molar-refractivity contribution in [2.45, 2.75) is 44.6 Å². The van der Waals surface area contributed by atoms with E-state index in [2.05, 4.69) is 11.9 Å². The van der Waals surface area contributed by atoms with Gasteiger partial charge in [-0.1, -0.05) is 37.3 Å². The number of benzene rings is 1. The molecule has 0 unspecified atom stereocenters. The van der Waals surface area contributed by atoms with E-state index in [1.807, 2.05) is 18.2 Å². The summed E-state index contributed by atoms with van der Waals surface area (Å²) < 4.78 is 0. The summed E-state index contributed by atoms with van der Waals surface area (Å²) in [4.78, 5) is 13.0. The zero-order valence-corrected chi connectivity index (χ0v) is 13.1. The average Bonchev–Trinajstić information content (AvgIpc) is 2.73. The van der Waals surface area contributed by atoms with E-state index in [0.717, 1.165) is 17.3 Å². The predicted octanol–water partition coefficient (Wildman–Crippen LogP) is 4.60. The zero-order chi connectivity index (χ0) is 15.2. The van der Waals surface area contributed by atoms with Crippen LogP contribution in [0.15, 0.2) is 24.3 Å². The summed E-state index contributed by atoms with van der Waals surface area (Å²) in [5.41, 5.74) is 1.90. The molecule has 1 aromatic carbocycles.